The molecule has 0 unspecified atom stereocenters. The van der Waals surface area contributed by atoms with Gasteiger partial charge in [0.1, 0.15) is 6.67 Å². The maximum Gasteiger partial charge on any atom is 0.173 e. The topological polar surface area (TPSA) is 52.6 Å². The third kappa shape index (κ3) is 8.15. The summed E-state index contributed by atoms with van der Waals surface area (Å²) in [6.45, 7) is 3.34. The lowest BCUT2D eigenvalue weighted by atomic mass is 10.7. The van der Waals surface area contributed by atoms with E-state index in [0.717, 1.165) is 5.41 Å². The maximum atomic E-state index is 11.5. The highest BCUT2D eigenvalue weighted by Gasteiger charge is 2.03. The second-order valence-corrected chi connectivity index (χ2v) is 4.51. The van der Waals surface area contributed by atoms with Crippen LogP contribution in [0.5, 0.6) is 0 Å². The minimum atomic E-state index is -3.18. The Morgan fingerprint density at radius 1 is 1.14 bits per heavy atom. The van der Waals surface area contributed by atoms with E-state index < -0.39 is 16.5 Å². The zero-order valence-corrected chi connectivity index (χ0v) is 8.76. The van der Waals surface area contributed by atoms with Crippen LogP contribution >= 0.6 is 0 Å². The summed E-state index contributed by atoms with van der Waals surface area (Å²) in [6, 6.07) is 0. The van der Waals surface area contributed by atoms with Gasteiger partial charge in [-0.25, -0.2) is 12.8 Å². The van der Waals surface area contributed by atoms with Gasteiger partial charge in [-0.15, -0.1) is 0 Å². The molecule has 0 radical (unpaired) electrons. The van der Waals surface area contributed by atoms with E-state index in [1.807, 2.05) is 0 Å². The third-order valence-electron chi connectivity index (χ3n) is 1.36. The Balaban J connectivity index is 3.26. The predicted molar refractivity (Wildman–Crippen MR) is 51.6 cm³/mol. The molecule has 0 saturated carbocycles. The van der Waals surface area contributed by atoms with Gasteiger partial charge in [0.2, 0.25) is 0 Å². The maximum absolute atomic E-state index is 11.5. The fourth-order valence-electron chi connectivity index (χ4n) is 0.635. The Labute approximate surface area is 83.6 Å². The first-order valence-corrected chi connectivity index (χ1v) is 5.90. The summed E-state index contributed by atoms with van der Waals surface area (Å²) in [5.74, 6) is -0.0837. The van der Waals surface area contributed by atoms with Crippen molar-refractivity contribution in [3.8, 4) is 0 Å². The van der Waals surface area contributed by atoms with Crippen LogP contribution in [0.15, 0.2) is 12.0 Å². The van der Waals surface area contributed by atoms with Crippen molar-refractivity contribution < 1.29 is 22.3 Å². The van der Waals surface area contributed by atoms with Crippen molar-refractivity contribution in [3.63, 3.8) is 0 Å². The lowest BCUT2D eigenvalue weighted by Gasteiger charge is -2.03. The van der Waals surface area contributed by atoms with Gasteiger partial charge in [0.15, 0.2) is 9.84 Å². The van der Waals surface area contributed by atoms with E-state index in [4.69, 9.17) is 9.47 Å². The smallest absolute Gasteiger partial charge is 0.173 e. The molecule has 0 fully saturated rings. The zero-order valence-electron chi connectivity index (χ0n) is 7.95. The summed E-state index contributed by atoms with van der Waals surface area (Å²) < 4.78 is 42.9. The number of halogens is 1. The molecule has 0 aromatic heterocycles. The van der Waals surface area contributed by atoms with Gasteiger partial charge < -0.3 is 9.47 Å². The average Bonchev–Trinajstić information content (AvgIpc) is 2.16. The molecule has 0 atom stereocenters. The van der Waals surface area contributed by atoms with Crippen molar-refractivity contribution in [1.29, 1.82) is 0 Å². The zero-order chi connectivity index (χ0) is 10.9. The minimum absolute atomic E-state index is 0.0499. The first kappa shape index (κ1) is 13.5. The normalized spacial score (nSPS) is 11.5. The molecule has 0 heterocycles. The van der Waals surface area contributed by atoms with Gasteiger partial charge in [0, 0.05) is 5.41 Å². The van der Waals surface area contributed by atoms with Gasteiger partial charge in [-0.2, -0.15) is 0 Å². The van der Waals surface area contributed by atoms with E-state index in [1.54, 1.807) is 0 Å². The number of ether oxygens (including phenoxy) is 2. The van der Waals surface area contributed by atoms with Gasteiger partial charge >= 0.3 is 0 Å². The molecule has 4 nitrogen and oxygen atoms in total. The highest BCUT2D eigenvalue weighted by Crippen LogP contribution is 1.90. The van der Waals surface area contributed by atoms with Crippen molar-refractivity contribution in [1.82, 2.24) is 0 Å². The summed E-state index contributed by atoms with van der Waals surface area (Å²) in [5, 5.41) is 0.899. The highest BCUT2D eigenvalue weighted by molar-refractivity contribution is 7.94. The van der Waals surface area contributed by atoms with Crippen LogP contribution in [-0.4, -0.2) is 47.3 Å². The van der Waals surface area contributed by atoms with Crippen LogP contribution < -0.4 is 0 Å². The Kier molecular flexibility index (Phi) is 7.64. The van der Waals surface area contributed by atoms with Crippen LogP contribution in [0.1, 0.15) is 0 Å². The lowest BCUT2D eigenvalue weighted by Crippen LogP contribution is -2.12. The lowest BCUT2D eigenvalue weighted by molar-refractivity contribution is 0.0481. The summed E-state index contributed by atoms with van der Waals surface area (Å²) in [5.41, 5.74) is 0. The standard InChI is InChI=1S/C8H15FO4S/c1-2-14(10,11)8-7-13-6-5-12-4-3-9/h2H,1,3-8H2/i9-1. The van der Waals surface area contributed by atoms with Gasteiger partial charge in [-0.3, -0.25) is 0 Å². The molecule has 0 aromatic carbocycles. The van der Waals surface area contributed by atoms with Crippen LogP contribution in [0, 0.1) is 0 Å². The van der Waals surface area contributed by atoms with Gasteiger partial charge in [-0.05, 0) is 0 Å². The van der Waals surface area contributed by atoms with Crippen LogP contribution in [0.3, 0.4) is 0 Å². The number of sulfone groups is 1. The molecule has 0 aliphatic rings. The molecule has 84 valence electrons. The van der Waals surface area contributed by atoms with Gasteiger partial charge in [-0.1, -0.05) is 6.58 Å². The van der Waals surface area contributed by atoms with E-state index in [1.165, 1.54) is 0 Å². The molecule has 0 aliphatic heterocycles. The first-order chi connectivity index (χ1) is 6.62. The van der Waals surface area contributed by atoms with Crippen LogP contribution in [0.25, 0.3) is 0 Å². The first-order valence-electron chi connectivity index (χ1n) is 4.19. The van der Waals surface area contributed by atoms with Gasteiger partial charge in [0.25, 0.3) is 0 Å². The van der Waals surface area contributed by atoms with Crippen molar-refractivity contribution in [2.24, 2.45) is 0 Å². The van der Waals surface area contributed by atoms with Crippen LogP contribution in [0.4, 0.5) is 4.39 Å². The van der Waals surface area contributed by atoms with E-state index in [0.29, 0.717) is 0 Å². The van der Waals surface area contributed by atoms with Crippen molar-refractivity contribution in [2.45, 2.75) is 0 Å². The molecular formula is C8H15FO4S. The molecule has 0 spiro atoms. The number of alkyl halides is 1. The van der Waals surface area contributed by atoms with Crippen molar-refractivity contribution >= 4 is 9.84 Å². The SMILES string of the molecule is C=CS(=O)(=O)CCOCCOCC[18F]. The Bertz CT molecular complexity index is 238. The summed E-state index contributed by atoms with van der Waals surface area (Å²) >= 11 is 0. The average molecular weight is 225 g/mol. The highest BCUT2D eigenvalue weighted by atomic mass is 32.2. The van der Waals surface area contributed by atoms with Crippen LogP contribution in [0.2, 0.25) is 0 Å². The largest absolute Gasteiger partial charge is 0.378 e. The Hall–Kier alpha value is -0.460. The molecule has 0 aromatic rings. The van der Waals surface area contributed by atoms with E-state index in [-0.39, 0.29) is 32.2 Å². The van der Waals surface area contributed by atoms with Gasteiger partial charge in [0.05, 0.1) is 32.2 Å². The molecule has 0 aliphatic carbocycles. The monoisotopic (exact) mass is 225 g/mol. The summed E-state index contributed by atoms with van der Waals surface area (Å²) in [4.78, 5) is 0. The fourth-order valence-corrected chi connectivity index (χ4v) is 1.15. The second kappa shape index (κ2) is 7.90. The number of hydrogen-bond acceptors (Lipinski definition) is 4. The Morgan fingerprint density at radius 3 is 2.21 bits per heavy atom. The van der Waals surface area contributed by atoms with E-state index in [2.05, 4.69) is 6.58 Å². The van der Waals surface area contributed by atoms with Crippen molar-refractivity contribution in [2.75, 3.05) is 38.9 Å². The third-order valence-corrected chi connectivity index (χ3v) is 2.60. The second-order valence-electron chi connectivity index (χ2n) is 2.45. The molecule has 0 rings (SSSR count). The molecule has 14 heavy (non-hydrogen) atoms. The predicted octanol–water partition coefficient (Wildman–Crippen LogP) is 0.547. The molecule has 0 saturated heterocycles. The molecular weight excluding hydrogens is 210 g/mol. The quantitative estimate of drug-likeness (QED) is 0.538. The molecule has 0 bridgehead atoms. The molecule has 6 heteroatoms. The fraction of sp³-hybridized carbons (Fsp3) is 0.750. The van der Waals surface area contributed by atoms with Crippen LogP contribution in [-0.2, 0) is 19.3 Å². The minimum Gasteiger partial charge on any atom is -0.378 e. The summed E-state index contributed by atoms with van der Waals surface area (Å²) in [6.07, 6.45) is 0. The number of rotatable bonds is 9. The number of hydrogen-bond donors (Lipinski definition) is 0. The van der Waals surface area contributed by atoms with E-state index >= 15 is 0 Å². The summed E-state index contributed by atoms with van der Waals surface area (Å²) in [7, 11) is -3.18. The molecule has 0 N–H and O–H groups in total. The van der Waals surface area contributed by atoms with E-state index in [9.17, 15) is 12.8 Å². The Morgan fingerprint density at radius 2 is 1.71 bits per heavy atom. The molecule has 0 amide bonds. The van der Waals surface area contributed by atoms with Crippen molar-refractivity contribution in [3.05, 3.63) is 12.0 Å².